The number of nitrogens with zero attached hydrogens (tertiary/aromatic N) is 1. The summed E-state index contributed by atoms with van der Waals surface area (Å²) >= 11 is 0. The number of benzene rings is 2. The van der Waals surface area contributed by atoms with Gasteiger partial charge in [-0.1, -0.05) is 60.7 Å². The van der Waals surface area contributed by atoms with E-state index in [0.29, 0.717) is 19.4 Å². The highest BCUT2D eigenvalue weighted by Gasteiger charge is 2.27. The molecule has 1 amide bonds. The molecule has 0 aromatic heterocycles. The average Bonchev–Trinajstić information content (AvgIpc) is 2.55. The summed E-state index contributed by atoms with van der Waals surface area (Å²) in [5.74, 6) is -1.19. The van der Waals surface area contributed by atoms with Gasteiger partial charge in [0.2, 0.25) is 5.91 Å². The van der Waals surface area contributed by atoms with Crippen LogP contribution in [0.15, 0.2) is 60.7 Å². The number of aryl methyl sites for hydroxylation is 1. The molecule has 0 aliphatic heterocycles. The van der Waals surface area contributed by atoms with Crippen LogP contribution in [0.1, 0.15) is 24.5 Å². The number of carboxylic acids is 1. The molecule has 23 heavy (non-hydrogen) atoms. The Labute approximate surface area is 136 Å². The van der Waals surface area contributed by atoms with Crippen LogP contribution in [0, 0.1) is 0 Å². The SMILES string of the molecule is CC(=O)N(Cc1ccccc1)C(CCc1ccccc1)C(=O)O. The molecule has 0 bridgehead atoms. The van der Waals surface area contributed by atoms with Crippen molar-refractivity contribution in [3.63, 3.8) is 0 Å². The minimum Gasteiger partial charge on any atom is -0.480 e. The largest absolute Gasteiger partial charge is 0.480 e. The molecule has 0 fully saturated rings. The first-order valence-corrected chi connectivity index (χ1v) is 7.66. The second kappa shape index (κ2) is 8.13. The maximum absolute atomic E-state index is 12.0. The quantitative estimate of drug-likeness (QED) is 0.854. The number of amides is 1. The molecule has 1 unspecified atom stereocenters. The van der Waals surface area contributed by atoms with Crippen molar-refractivity contribution in [2.45, 2.75) is 32.4 Å². The van der Waals surface area contributed by atoms with E-state index in [-0.39, 0.29) is 5.91 Å². The summed E-state index contributed by atoms with van der Waals surface area (Å²) in [4.78, 5) is 25.1. The fourth-order valence-electron chi connectivity index (χ4n) is 2.58. The van der Waals surface area contributed by atoms with Crippen LogP contribution in [-0.2, 0) is 22.6 Å². The smallest absolute Gasteiger partial charge is 0.326 e. The molecule has 2 aromatic carbocycles. The van der Waals surface area contributed by atoms with Gasteiger partial charge in [-0.3, -0.25) is 4.79 Å². The van der Waals surface area contributed by atoms with Gasteiger partial charge < -0.3 is 10.0 Å². The lowest BCUT2D eigenvalue weighted by Crippen LogP contribution is -2.43. The molecule has 0 saturated heterocycles. The normalized spacial score (nSPS) is 11.7. The van der Waals surface area contributed by atoms with Gasteiger partial charge in [0.1, 0.15) is 6.04 Å². The van der Waals surface area contributed by atoms with E-state index in [4.69, 9.17) is 0 Å². The highest BCUT2D eigenvalue weighted by molar-refractivity contribution is 5.82. The van der Waals surface area contributed by atoms with Crippen LogP contribution in [0.2, 0.25) is 0 Å². The van der Waals surface area contributed by atoms with E-state index in [1.807, 2.05) is 60.7 Å². The van der Waals surface area contributed by atoms with Crippen molar-refractivity contribution in [2.24, 2.45) is 0 Å². The molecule has 1 N–H and O–H groups in total. The third kappa shape index (κ3) is 4.95. The minimum absolute atomic E-state index is 0.227. The first-order valence-electron chi connectivity index (χ1n) is 7.66. The maximum Gasteiger partial charge on any atom is 0.326 e. The van der Waals surface area contributed by atoms with Crippen molar-refractivity contribution in [3.8, 4) is 0 Å². The molecule has 2 aromatic rings. The van der Waals surface area contributed by atoms with E-state index in [9.17, 15) is 14.7 Å². The van der Waals surface area contributed by atoms with Crippen molar-refractivity contribution in [1.29, 1.82) is 0 Å². The molecule has 0 saturated carbocycles. The second-order valence-electron chi connectivity index (χ2n) is 5.51. The summed E-state index contributed by atoms with van der Waals surface area (Å²) in [6.45, 7) is 1.73. The van der Waals surface area contributed by atoms with Crippen LogP contribution in [0.4, 0.5) is 0 Å². The Morgan fingerprint density at radius 1 is 0.957 bits per heavy atom. The summed E-state index contributed by atoms with van der Waals surface area (Å²) in [5.41, 5.74) is 2.00. The Hall–Kier alpha value is -2.62. The van der Waals surface area contributed by atoms with E-state index in [2.05, 4.69) is 0 Å². The average molecular weight is 311 g/mol. The van der Waals surface area contributed by atoms with Crippen LogP contribution >= 0.6 is 0 Å². The molecular weight excluding hydrogens is 290 g/mol. The molecule has 0 spiro atoms. The van der Waals surface area contributed by atoms with Crippen molar-refractivity contribution in [2.75, 3.05) is 0 Å². The van der Waals surface area contributed by atoms with E-state index in [1.165, 1.54) is 11.8 Å². The lowest BCUT2D eigenvalue weighted by Gasteiger charge is -2.28. The zero-order valence-corrected chi connectivity index (χ0v) is 13.2. The molecule has 120 valence electrons. The first kappa shape index (κ1) is 16.7. The highest BCUT2D eigenvalue weighted by atomic mass is 16.4. The number of carbonyl (C=O) groups excluding carboxylic acids is 1. The predicted octanol–water partition coefficient (Wildman–Crippen LogP) is 3.12. The topological polar surface area (TPSA) is 57.6 Å². The van der Waals surface area contributed by atoms with Crippen LogP contribution in [-0.4, -0.2) is 27.9 Å². The van der Waals surface area contributed by atoms with Gasteiger partial charge >= 0.3 is 5.97 Å². The molecule has 2 rings (SSSR count). The molecule has 4 nitrogen and oxygen atoms in total. The van der Waals surface area contributed by atoms with Crippen LogP contribution in [0.25, 0.3) is 0 Å². The van der Waals surface area contributed by atoms with E-state index in [1.54, 1.807) is 0 Å². The first-order chi connectivity index (χ1) is 11.1. The Bertz CT molecular complexity index is 640. The van der Waals surface area contributed by atoms with Crippen LogP contribution in [0.3, 0.4) is 0 Å². The summed E-state index contributed by atoms with van der Waals surface area (Å²) < 4.78 is 0. The Kier molecular flexibility index (Phi) is 5.92. The number of rotatable bonds is 7. The Balaban J connectivity index is 2.11. The van der Waals surface area contributed by atoms with E-state index >= 15 is 0 Å². The molecule has 1 atom stereocenters. The highest BCUT2D eigenvalue weighted by Crippen LogP contribution is 2.15. The number of carbonyl (C=O) groups is 2. The third-order valence-electron chi connectivity index (χ3n) is 3.81. The van der Waals surface area contributed by atoms with Crippen molar-refractivity contribution < 1.29 is 14.7 Å². The van der Waals surface area contributed by atoms with E-state index < -0.39 is 12.0 Å². The summed E-state index contributed by atoms with van der Waals surface area (Å²) in [6, 6.07) is 18.3. The van der Waals surface area contributed by atoms with Gasteiger partial charge in [-0.05, 0) is 24.0 Å². The molecular formula is C19H21NO3. The van der Waals surface area contributed by atoms with Crippen LogP contribution in [0.5, 0.6) is 0 Å². The van der Waals surface area contributed by atoms with Crippen LogP contribution < -0.4 is 0 Å². The van der Waals surface area contributed by atoms with E-state index in [0.717, 1.165) is 11.1 Å². The zero-order valence-electron chi connectivity index (χ0n) is 13.2. The Morgan fingerprint density at radius 3 is 1.96 bits per heavy atom. The number of carboxylic acid groups (broad SMARTS) is 1. The fraction of sp³-hybridized carbons (Fsp3) is 0.263. The summed E-state index contributed by atoms with van der Waals surface area (Å²) in [5, 5.41) is 9.55. The second-order valence-corrected chi connectivity index (χ2v) is 5.51. The van der Waals surface area contributed by atoms with Crippen molar-refractivity contribution in [3.05, 3.63) is 71.8 Å². The Morgan fingerprint density at radius 2 is 1.48 bits per heavy atom. The fourth-order valence-corrected chi connectivity index (χ4v) is 2.58. The lowest BCUT2D eigenvalue weighted by molar-refractivity contribution is -0.150. The van der Waals surface area contributed by atoms with Crippen molar-refractivity contribution in [1.82, 2.24) is 4.90 Å². The molecule has 4 heteroatoms. The standard InChI is InChI=1S/C19H21NO3/c1-15(21)20(14-17-10-6-3-7-11-17)18(19(22)23)13-12-16-8-4-2-5-9-16/h2-11,18H,12-14H2,1H3,(H,22,23). The molecule has 0 heterocycles. The molecule has 0 radical (unpaired) electrons. The lowest BCUT2D eigenvalue weighted by atomic mass is 10.0. The van der Waals surface area contributed by atoms with Gasteiger partial charge in [-0.2, -0.15) is 0 Å². The van der Waals surface area contributed by atoms with Crippen molar-refractivity contribution >= 4 is 11.9 Å². The monoisotopic (exact) mass is 311 g/mol. The van der Waals surface area contributed by atoms with Gasteiger partial charge in [-0.25, -0.2) is 4.79 Å². The molecule has 0 aliphatic carbocycles. The number of hydrogen-bond acceptors (Lipinski definition) is 2. The maximum atomic E-state index is 12.0. The zero-order chi connectivity index (χ0) is 16.7. The number of aliphatic carboxylic acids is 1. The summed E-state index contributed by atoms with van der Waals surface area (Å²) in [7, 11) is 0. The third-order valence-corrected chi connectivity index (χ3v) is 3.81. The predicted molar refractivity (Wildman–Crippen MR) is 88.9 cm³/mol. The van der Waals surface area contributed by atoms with Gasteiger partial charge in [0.25, 0.3) is 0 Å². The van der Waals surface area contributed by atoms with Gasteiger partial charge in [0.05, 0.1) is 0 Å². The van der Waals surface area contributed by atoms with Gasteiger partial charge in [-0.15, -0.1) is 0 Å². The summed E-state index contributed by atoms with van der Waals surface area (Å²) in [6.07, 6.45) is 1.02. The van der Waals surface area contributed by atoms with Gasteiger partial charge in [0, 0.05) is 13.5 Å². The van der Waals surface area contributed by atoms with Gasteiger partial charge in [0.15, 0.2) is 0 Å². The minimum atomic E-state index is -0.966. The molecule has 0 aliphatic rings. The number of hydrogen-bond donors (Lipinski definition) is 1.